The quantitative estimate of drug-likeness (QED) is 0.742. The van der Waals surface area contributed by atoms with Crippen LogP contribution in [-0.2, 0) is 6.42 Å². The maximum atomic E-state index is 12.1. The van der Waals surface area contributed by atoms with E-state index in [0.29, 0.717) is 5.56 Å². The minimum Gasteiger partial charge on any atom is -0.472 e. The van der Waals surface area contributed by atoms with Gasteiger partial charge in [0.2, 0.25) is 5.78 Å². The standard InChI is InChI=1S/C12H12O2S/c1-3-9-4-5-15-12(9)11(13)10-7-14-6-8(10)2/h4-7H,3H2,1-2H3. The van der Waals surface area contributed by atoms with E-state index in [1.165, 1.54) is 17.6 Å². The average molecular weight is 220 g/mol. The monoisotopic (exact) mass is 220 g/mol. The van der Waals surface area contributed by atoms with Gasteiger partial charge in [-0.15, -0.1) is 11.3 Å². The van der Waals surface area contributed by atoms with Crippen LogP contribution < -0.4 is 0 Å². The van der Waals surface area contributed by atoms with Crippen molar-refractivity contribution in [3.05, 3.63) is 45.5 Å². The van der Waals surface area contributed by atoms with Crippen LogP contribution >= 0.6 is 11.3 Å². The summed E-state index contributed by atoms with van der Waals surface area (Å²) in [6.07, 6.45) is 4.02. The number of rotatable bonds is 3. The van der Waals surface area contributed by atoms with Gasteiger partial charge in [0, 0.05) is 0 Å². The second kappa shape index (κ2) is 4.03. The van der Waals surface area contributed by atoms with Crippen LogP contribution in [0.3, 0.4) is 0 Å². The summed E-state index contributed by atoms with van der Waals surface area (Å²) in [5, 5.41) is 1.96. The van der Waals surface area contributed by atoms with E-state index in [2.05, 4.69) is 6.92 Å². The lowest BCUT2D eigenvalue weighted by Crippen LogP contribution is -2.01. The van der Waals surface area contributed by atoms with Gasteiger partial charge in [-0.2, -0.15) is 0 Å². The molecule has 0 aliphatic heterocycles. The first-order valence-corrected chi connectivity index (χ1v) is 5.76. The molecule has 0 bridgehead atoms. The highest BCUT2D eigenvalue weighted by atomic mass is 32.1. The molecule has 0 amide bonds. The molecule has 0 aliphatic carbocycles. The van der Waals surface area contributed by atoms with Crippen LogP contribution in [0, 0.1) is 6.92 Å². The first-order valence-electron chi connectivity index (χ1n) is 4.88. The van der Waals surface area contributed by atoms with E-state index in [1.807, 2.05) is 18.4 Å². The Morgan fingerprint density at radius 3 is 2.87 bits per heavy atom. The Kier molecular flexibility index (Phi) is 2.73. The van der Waals surface area contributed by atoms with Crippen molar-refractivity contribution in [3.8, 4) is 0 Å². The molecule has 0 aliphatic rings. The third-order valence-corrected chi connectivity index (χ3v) is 3.39. The lowest BCUT2D eigenvalue weighted by molar-refractivity contribution is 0.104. The molecule has 0 unspecified atom stereocenters. The zero-order valence-electron chi connectivity index (χ0n) is 8.74. The summed E-state index contributed by atoms with van der Waals surface area (Å²) in [6, 6.07) is 2.01. The van der Waals surface area contributed by atoms with Crippen LogP contribution in [0.2, 0.25) is 0 Å². The second-order valence-electron chi connectivity index (χ2n) is 3.43. The van der Waals surface area contributed by atoms with Gasteiger partial charge in [-0.1, -0.05) is 6.92 Å². The lowest BCUT2D eigenvalue weighted by atomic mass is 10.1. The predicted octanol–water partition coefficient (Wildman–Crippen LogP) is 3.44. The molecule has 0 atom stereocenters. The molecule has 2 nitrogen and oxygen atoms in total. The van der Waals surface area contributed by atoms with Gasteiger partial charge in [-0.05, 0) is 35.9 Å². The van der Waals surface area contributed by atoms with Crippen molar-refractivity contribution in [2.45, 2.75) is 20.3 Å². The van der Waals surface area contributed by atoms with Crippen LogP contribution in [0.4, 0.5) is 0 Å². The Bertz CT molecular complexity index is 479. The zero-order valence-corrected chi connectivity index (χ0v) is 9.56. The van der Waals surface area contributed by atoms with Gasteiger partial charge < -0.3 is 4.42 Å². The topological polar surface area (TPSA) is 30.2 Å². The van der Waals surface area contributed by atoms with E-state index >= 15 is 0 Å². The number of hydrogen-bond acceptors (Lipinski definition) is 3. The molecule has 3 heteroatoms. The molecule has 0 radical (unpaired) electrons. The van der Waals surface area contributed by atoms with Crippen LogP contribution in [-0.4, -0.2) is 5.78 Å². The Morgan fingerprint density at radius 2 is 2.27 bits per heavy atom. The molecule has 2 heterocycles. The Labute approximate surface area is 92.5 Å². The van der Waals surface area contributed by atoms with Crippen LogP contribution in [0.5, 0.6) is 0 Å². The van der Waals surface area contributed by atoms with Gasteiger partial charge in [0.1, 0.15) is 6.26 Å². The molecule has 2 aromatic rings. The number of ketones is 1. The first kappa shape index (κ1) is 10.2. The summed E-state index contributed by atoms with van der Waals surface area (Å²) >= 11 is 1.50. The third-order valence-electron chi connectivity index (χ3n) is 2.43. The van der Waals surface area contributed by atoms with Crippen molar-refractivity contribution in [3.63, 3.8) is 0 Å². The van der Waals surface area contributed by atoms with Crippen molar-refractivity contribution in [1.29, 1.82) is 0 Å². The number of hydrogen-bond donors (Lipinski definition) is 0. The minimum absolute atomic E-state index is 0.0769. The number of furan rings is 1. The van der Waals surface area contributed by atoms with E-state index in [4.69, 9.17) is 4.42 Å². The van der Waals surface area contributed by atoms with Gasteiger partial charge in [0.15, 0.2) is 0 Å². The molecule has 2 rings (SSSR count). The second-order valence-corrected chi connectivity index (χ2v) is 4.34. The fourth-order valence-corrected chi connectivity index (χ4v) is 2.48. The molecule has 0 saturated heterocycles. The average Bonchev–Trinajstić information content (AvgIpc) is 2.84. The predicted molar refractivity (Wildman–Crippen MR) is 60.6 cm³/mol. The summed E-state index contributed by atoms with van der Waals surface area (Å²) in [4.78, 5) is 13.0. The van der Waals surface area contributed by atoms with Crippen molar-refractivity contribution < 1.29 is 9.21 Å². The van der Waals surface area contributed by atoms with Gasteiger partial charge in [0.25, 0.3) is 0 Å². The number of thiophene rings is 1. The van der Waals surface area contributed by atoms with E-state index in [9.17, 15) is 4.79 Å². The highest BCUT2D eigenvalue weighted by molar-refractivity contribution is 7.12. The van der Waals surface area contributed by atoms with Gasteiger partial charge in [0.05, 0.1) is 16.7 Å². The highest BCUT2D eigenvalue weighted by Crippen LogP contribution is 2.23. The first-order chi connectivity index (χ1) is 7.24. The summed E-state index contributed by atoms with van der Waals surface area (Å²) < 4.78 is 5.02. The SMILES string of the molecule is CCc1ccsc1C(=O)c1cocc1C. The highest BCUT2D eigenvalue weighted by Gasteiger charge is 2.17. The molecular weight excluding hydrogens is 208 g/mol. The van der Waals surface area contributed by atoms with Crippen molar-refractivity contribution in [1.82, 2.24) is 0 Å². The molecule has 78 valence electrons. The molecule has 0 fully saturated rings. The van der Waals surface area contributed by atoms with E-state index in [1.54, 1.807) is 6.26 Å². The van der Waals surface area contributed by atoms with Crippen LogP contribution in [0.15, 0.2) is 28.4 Å². The summed E-state index contributed by atoms with van der Waals surface area (Å²) in [7, 11) is 0. The number of carbonyl (C=O) groups excluding carboxylic acids is 1. The molecule has 0 saturated carbocycles. The summed E-state index contributed by atoms with van der Waals surface area (Å²) in [5.41, 5.74) is 2.69. The Hall–Kier alpha value is -1.35. The maximum Gasteiger partial charge on any atom is 0.206 e. The number of carbonyl (C=O) groups is 1. The lowest BCUT2D eigenvalue weighted by Gasteiger charge is -1.99. The minimum atomic E-state index is 0.0769. The molecule has 0 N–H and O–H groups in total. The Balaban J connectivity index is 2.41. The fraction of sp³-hybridized carbons (Fsp3) is 0.250. The molecule has 0 aromatic carbocycles. The summed E-state index contributed by atoms with van der Waals surface area (Å²) in [5.74, 6) is 0.0769. The van der Waals surface area contributed by atoms with Gasteiger partial charge >= 0.3 is 0 Å². The van der Waals surface area contributed by atoms with Crippen molar-refractivity contribution in [2.24, 2.45) is 0 Å². The Morgan fingerprint density at radius 1 is 1.47 bits per heavy atom. The van der Waals surface area contributed by atoms with Crippen molar-refractivity contribution >= 4 is 17.1 Å². The van der Waals surface area contributed by atoms with Crippen LogP contribution in [0.1, 0.15) is 33.3 Å². The molecule has 0 spiro atoms. The smallest absolute Gasteiger partial charge is 0.206 e. The normalized spacial score (nSPS) is 10.5. The molecular formula is C12H12O2S. The number of aryl methyl sites for hydroxylation is 2. The van der Waals surface area contributed by atoms with Crippen molar-refractivity contribution in [2.75, 3.05) is 0 Å². The zero-order chi connectivity index (χ0) is 10.8. The summed E-state index contributed by atoms with van der Waals surface area (Å²) in [6.45, 7) is 3.94. The van der Waals surface area contributed by atoms with Crippen LogP contribution in [0.25, 0.3) is 0 Å². The maximum absolute atomic E-state index is 12.1. The van der Waals surface area contributed by atoms with E-state index < -0.39 is 0 Å². The van der Waals surface area contributed by atoms with Gasteiger partial charge in [-0.25, -0.2) is 0 Å². The third kappa shape index (κ3) is 1.75. The molecule has 2 aromatic heterocycles. The van der Waals surface area contributed by atoms with Gasteiger partial charge in [-0.3, -0.25) is 4.79 Å². The van der Waals surface area contributed by atoms with E-state index in [0.717, 1.165) is 22.4 Å². The molecule has 15 heavy (non-hydrogen) atoms. The fourth-order valence-electron chi connectivity index (χ4n) is 1.53. The largest absolute Gasteiger partial charge is 0.472 e. The van der Waals surface area contributed by atoms with E-state index in [-0.39, 0.29) is 5.78 Å².